The van der Waals surface area contributed by atoms with Gasteiger partial charge in [-0.3, -0.25) is 10.0 Å². The highest BCUT2D eigenvalue weighted by molar-refractivity contribution is 5.01. The van der Waals surface area contributed by atoms with Crippen molar-refractivity contribution in [3.63, 3.8) is 0 Å². The molecule has 8 fully saturated rings. The van der Waals surface area contributed by atoms with Crippen LogP contribution < -0.4 is 0 Å². The highest BCUT2D eigenvalue weighted by Crippen LogP contribution is 2.51. The van der Waals surface area contributed by atoms with E-state index in [2.05, 4.69) is 10.0 Å². The van der Waals surface area contributed by atoms with Crippen molar-refractivity contribution in [3.05, 3.63) is 0 Å². The van der Waals surface area contributed by atoms with E-state index in [4.69, 9.17) is 10.4 Å². The van der Waals surface area contributed by atoms with Gasteiger partial charge in [0.15, 0.2) is 0 Å². The predicted octanol–water partition coefficient (Wildman–Crippen LogP) is 3.79. The molecule has 4 aliphatic carbocycles. The fraction of sp³-hybridized carbons (Fsp3) is 1.00. The Labute approximate surface area is 133 Å². The van der Waals surface area contributed by atoms with Crippen LogP contribution in [-0.2, 0) is 0 Å². The van der Waals surface area contributed by atoms with Crippen LogP contribution >= 0.6 is 0 Å². The van der Waals surface area contributed by atoms with Crippen molar-refractivity contribution in [2.24, 2.45) is 34.1 Å². The molecule has 4 aliphatic heterocycles. The zero-order valence-corrected chi connectivity index (χ0v) is 13.5. The van der Waals surface area contributed by atoms with E-state index in [-0.39, 0.29) is 0 Å². The monoisotopic (exact) mass is 300 g/mol. The first-order chi connectivity index (χ1) is 10.8. The number of nitrogens with zero attached hydrogens (tertiary/aromatic N) is 4. The molecule has 4 heterocycles. The van der Waals surface area contributed by atoms with Crippen LogP contribution in [0, 0.1) is 23.7 Å². The van der Waals surface area contributed by atoms with Crippen molar-refractivity contribution in [2.45, 2.75) is 88.4 Å². The topological polar surface area (TPSA) is 31.2 Å². The van der Waals surface area contributed by atoms with Gasteiger partial charge in [0.1, 0.15) is 0 Å². The Hall–Kier alpha value is -0.800. The fourth-order valence-electron chi connectivity index (χ4n) is 7.41. The second kappa shape index (κ2) is 4.39. The van der Waals surface area contributed by atoms with Crippen LogP contribution in [0.1, 0.15) is 64.2 Å². The molecule has 0 aromatic carbocycles. The van der Waals surface area contributed by atoms with Crippen molar-refractivity contribution in [1.29, 1.82) is 0 Å². The van der Waals surface area contributed by atoms with Crippen LogP contribution in [0.2, 0.25) is 0 Å². The zero-order chi connectivity index (χ0) is 14.3. The van der Waals surface area contributed by atoms with E-state index in [0.717, 1.165) is 47.8 Å². The van der Waals surface area contributed by atoms with Crippen LogP contribution in [0.15, 0.2) is 10.4 Å². The zero-order valence-electron chi connectivity index (χ0n) is 13.5. The molecule has 4 nitrogen and oxygen atoms in total. The van der Waals surface area contributed by atoms with Crippen molar-refractivity contribution in [1.82, 2.24) is 10.0 Å². The second-order valence-corrected chi connectivity index (χ2v) is 9.38. The van der Waals surface area contributed by atoms with Crippen molar-refractivity contribution < 1.29 is 0 Å². The van der Waals surface area contributed by atoms with Gasteiger partial charge in [0, 0.05) is 24.2 Å². The maximum absolute atomic E-state index is 4.85. The minimum absolute atomic E-state index is 0.720. The number of rotatable bonds is 2. The van der Waals surface area contributed by atoms with E-state index in [0.29, 0.717) is 0 Å². The van der Waals surface area contributed by atoms with Gasteiger partial charge in [-0.05, 0) is 87.9 Å². The minimum atomic E-state index is 0.720. The second-order valence-electron chi connectivity index (χ2n) is 9.38. The standard InChI is InChI=1S/C18H28N4/c1-11-3-15-5-12(1)6-16(4-11)21(15)19-20-22-17-7-13-2-14(9-17)10-18(22)8-13/h11-18H,1-10H2/b20-19+. The normalized spacial score (nSPS) is 54.9. The Morgan fingerprint density at radius 2 is 0.682 bits per heavy atom. The van der Waals surface area contributed by atoms with Gasteiger partial charge in [-0.15, -0.1) is 0 Å². The highest BCUT2D eigenvalue weighted by atomic mass is 15.7. The molecule has 4 saturated carbocycles. The molecule has 0 amide bonds. The van der Waals surface area contributed by atoms with Gasteiger partial charge in [0.2, 0.25) is 0 Å². The molecule has 0 N–H and O–H groups in total. The van der Waals surface area contributed by atoms with Crippen LogP contribution in [0.5, 0.6) is 0 Å². The van der Waals surface area contributed by atoms with Gasteiger partial charge in [0.05, 0.1) is 0 Å². The third-order valence-electron chi connectivity index (χ3n) is 7.92. The Morgan fingerprint density at radius 1 is 0.409 bits per heavy atom. The van der Waals surface area contributed by atoms with Crippen LogP contribution in [0.25, 0.3) is 0 Å². The molecule has 4 heteroatoms. The number of hydrogen-bond acceptors (Lipinski definition) is 2. The molecule has 8 bridgehead atoms. The fourth-order valence-corrected chi connectivity index (χ4v) is 7.41. The summed E-state index contributed by atoms with van der Waals surface area (Å²) in [5.41, 5.74) is 0. The third kappa shape index (κ3) is 1.75. The first kappa shape index (κ1) is 12.6. The summed E-state index contributed by atoms with van der Waals surface area (Å²) in [5, 5.41) is 14.6. The highest BCUT2D eigenvalue weighted by Gasteiger charge is 2.49. The van der Waals surface area contributed by atoms with Crippen LogP contribution in [0.4, 0.5) is 0 Å². The molecule has 0 aromatic rings. The molecule has 0 atom stereocenters. The van der Waals surface area contributed by atoms with E-state index >= 15 is 0 Å². The lowest BCUT2D eigenvalue weighted by Gasteiger charge is -2.56. The Kier molecular flexibility index (Phi) is 2.51. The molecule has 0 aromatic heterocycles. The van der Waals surface area contributed by atoms with Crippen molar-refractivity contribution in [2.75, 3.05) is 0 Å². The first-order valence-electron chi connectivity index (χ1n) is 9.80. The maximum Gasteiger partial charge on any atom is 0.0496 e. The molecule has 0 unspecified atom stereocenters. The maximum atomic E-state index is 4.85. The number of hydrogen-bond donors (Lipinski definition) is 0. The summed E-state index contributed by atoms with van der Waals surface area (Å²) in [5.74, 6) is 4.04. The summed E-state index contributed by atoms with van der Waals surface area (Å²) >= 11 is 0. The lowest BCUT2D eigenvalue weighted by Crippen LogP contribution is -2.57. The van der Waals surface area contributed by atoms with Crippen molar-refractivity contribution in [3.8, 4) is 0 Å². The Morgan fingerprint density at radius 3 is 0.955 bits per heavy atom. The molecule has 8 rings (SSSR count). The van der Waals surface area contributed by atoms with E-state index in [9.17, 15) is 0 Å². The quantitative estimate of drug-likeness (QED) is 0.726. The SMILES string of the molecule is C1C2CC3CC1CC(C2)N3/N=N/N1C2CC3CC(C2)CC1C3. The number of piperidine rings is 4. The molecular weight excluding hydrogens is 272 g/mol. The first-order valence-corrected chi connectivity index (χ1v) is 9.80. The molecule has 0 radical (unpaired) electrons. The molecular formula is C18H28N4. The Bertz CT molecular complexity index is 401. The smallest absolute Gasteiger partial charge is 0.0496 e. The summed E-state index contributed by atoms with van der Waals surface area (Å²) in [6.07, 6.45) is 14.2. The largest absolute Gasteiger partial charge is 0.271 e. The van der Waals surface area contributed by atoms with E-state index in [1.807, 2.05) is 0 Å². The van der Waals surface area contributed by atoms with Gasteiger partial charge in [0.25, 0.3) is 0 Å². The Balaban J connectivity index is 1.22. The molecule has 120 valence electrons. The summed E-state index contributed by atoms with van der Waals surface area (Å²) in [6.45, 7) is 0. The average molecular weight is 300 g/mol. The van der Waals surface area contributed by atoms with Crippen molar-refractivity contribution >= 4 is 0 Å². The van der Waals surface area contributed by atoms with Gasteiger partial charge in [-0.25, -0.2) is 0 Å². The lowest BCUT2D eigenvalue weighted by atomic mass is 9.64. The lowest BCUT2D eigenvalue weighted by molar-refractivity contribution is -0.0909. The van der Waals surface area contributed by atoms with Gasteiger partial charge >= 0.3 is 0 Å². The summed E-state index contributed by atoms with van der Waals surface area (Å²) < 4.78 is 0. The average Bonchev–Trinajstić information content (AvgIpc) is 2.47. The van der Waals surface area contributed by atoms with Crippen LogP contribution in [0.3, 0.4) is 0 Å². The molecule has 22 heavy (non-hydrogen) atoms. The summed E-state index contributed by atoms with van der Waals surface area (Å²) in [4.78, 5) is 0. The van der Waals surface area contributed by atoms with Crippen LogP contribution in [-0.4, -0.2) is 34.2 Å². The molecule has 4 saturated heterocycles. The van der Waals surface area contributed by atoms with E-state index in [1.54, 1.807) is 0 Å². The van der Waals surface area contributed by atoms with Gasteiger partial charge < -0.3 is 0 Å². The van der Waals surface area contributed by atoms with E-state index in [1.165, 1.54) is 64.2 Å². The minimum Gasteiger partial charge on any atom is -0.271 e. The molecule has 0 spiro atoms. The summed E-state index contributed by atoms with van der Waals surface area (Å²) in [7, 11) is 0. The third-order valence-corrected chi connectivity index (χ3v) is 7.92. The predicted molar refractivity (Wildman–Crippen MR) is 83.8 cm³/mol. The van der Waals surface area contributed by atoms with Gasteiger partial charge in [-0.1, -0.05) is 10.4 Å². The van der Waals surface area contributed by atoms with E-state index < -0.39 is 0 Å². The van der Waals surface area contributed by atoms with Gasteiger partial charge in [-0.2, -0.15) is 0 Å². The molecule has 8 aliphatic rings. The summed E-state index contributed by atoms with van der Waals surface area (Å²) in [6, 6.07) is 2.88.